The van der Waals surface area contributed by atoms with Crippen LogP contribution in [0.1, 0.15) is 33.0 Å². The molecule has 1 saturated heterocycles. The van der Waals surface area contributed by atoms with Crippen LogP contribution in [0.2, 0.25) is 5.02 Å². The molecule has 2 unspecified atom stereocenters. The van der Waals surface area contributed by atoms with E-state index in [9.17, 15) is 9.59 Å². The molecule has 3 aromatic rings. The minimum atomic E-state index is -0.335. The number of ether oxygens (including phenoxy) is 1. The Labute approximate surface area is 204 Å². The van der Waals surface area contributed by atoms with Gasteiger partial charge in [-0.25, -0.2) is 0 Å². The van der Waals surface area contributed by atoms with Gasteiger partial charge in [-0.05, 0) is 53.4 Å². The fourth-order valence-corrected chi connectivity index (χ4v) is 5.33. The average molecular weight is 475 g/mol. The minimum Gasteiger partial charge on any atom is -0.496 e. The van der Waals surface area contributed by atoms with E-state index in [1.165, 1.54) is 11.1 Å². The third kappa shape index (κ3) is 4.28. The lowest BCUT2D eigenvalue weighted by atomic mass is 9.86. The predicted octanol–water partition coefficient (Wildman–Crippen LogP) is 4.79. The Kier molecular flexibility index (Phi) is 6.29. The maximum atomic E-state index is 13.9. The lowest BCUT2D eigenvalue weighted by molar-refractivity contribution is -0.136. The van der Waals surface area contributed by atoms with Crippen LogP contribution in [0.5, 0.6) is 5.75 Å². The van der Waals surface area contributed by atoms with Gasteiger partial charge in [0.05, 0.1) is 13.0 Å². The monoisotopic (exact) mass is 474 g/mol. The van der Waals surface area contributed by atoms with E-state index in [4.69, 9.17) is 16.3 Å². The molecule has 174 valence electrons. The van der Waals surface area contributed by atoms with Crippen LogP contribution in [-0.4, -0.2) is 48.4 Å². The summed E-state index contributed by atoms with van der Waals surface area (Å²) >= 11 is 6.01. The Bertz CT molecular complexity index is 1210. The van der Waals surface area contributed by atoms with Gasteiger partial charge in [-0.3, -0.25) is 9.59 Å². The van der Waals surface area contributed by atoms with Crippen LogP contribution in [0.25, 0.3) is 0 Å². The maximum absolute atomic E-state index is 13.9. The molecule has 0 saturated carbocycles. The summed E-state index contributed by atoms with van der Waals surface area (Å²) in [5, 5.41) is 0.586. The molecule has 1 fully saturated rings. The first-order chi connectivity index (χ1) is 16.5. The second-order valence-corrected chi connectivity index (χ2v) is 9.39. The van der Waals surface area contributed by atoms with Gasteiger partial charge >= 0.3 is 0 Å². The van der Waals surface area contributed by atoms with Gasteiger partial charge in [0.15, 0.2) is 0 Å². The molecule has 5 nitrogen and oxygen atoms in total. The number of amides is 2. The summed E-state index contributed by atoms with van der Waals surface area (Å²) in [6, 6.07) is 23.0. The highest BCUT2D eigenvalue weighted by Gasteiger charge is 2.43. The second kappa shape index (κ2) is 9.51. The largest absolute Gasteiger partial charge is 0.496 e. The summed E-state index contributed by atoms with van der Waals surface area (Å²) in [6.45, 7) is 2.13. The summed E-state index contributed by atoms with van der Waals surface area (Å²) in [7, 11) is 1.64. The van der Waals surface area contributed by atoms with Gasteiger partial charge in [-0.15, -0.1) is 0 Å². The molecule has 2 atom stereocenters. The Morgan fingerprint density at radius 2 is 1.59 bits per heavy atom. The number of hydrogen-bond donors (Lipinski definition) is 0. The molecule has 6 heteroatoms. The van der Waals surface area contributed by atoms with Crippen LogP contribution >= 0.6 is 11.6 Å². The highest BCUT2D eigenvalue weighted by Crippen LogP contribution is 2.39. The van der Waals surface area contributed by atoms with Crippen LogP contribution in [0.3, 0.4) is 0 Å². The smallest absolute Gasteiger partial charge is 0.253 e. The number of likely N-dealkylation sites (tertiary alicyclic amines) is 1. The molecule has 0 bridgehead atoms. The third-order valence-electron chi connectivity index (χ3n) is 7.00. The van der Waals surface area contributed by atoms with Crippen LogP contribution in [0.15, 0.2) is 72.8 Å². The molecule has 2 amide bonds. The van der Waals surface area contributed by atoms with Crippen LogP contribution in [0.4, 0.5) is 0 Å². The average Bonchev–Trinajstić information content (AvgIpc) is 3.33. The molecule has 2 aliphatic rings. The van der Waals surface area contributed by atoms with Crippen molar-refractivity contribution in [2.24, 2.45) is 5.92 Å². The normalized spacial score (nSPS) is 19.6. The summed E-state index contributed by atoms with van der Waals surface area (Å²) in [5.74, 6) is 0.276. The quantitative estimate of drug-likeness (QED) is 0.546. The Balaban J connectivity index is 1.44. The molecule has 0 N–H and O–H groups in total. The van der Waals surface area contributed by atoms with E-state index in [1.54, 1.807) is 36.3 Å². The minimum absolute atomic E-state index is 0.0872. The summed E-state index contributed by atoms with van der Waals surface area (Å²) in [6.07, 6.45) is 0.849. The molecule has 34 heavy (non-hydrogen) atoms. The number of nitrogens with zero attached hydrogens (tertiary/aromatic N) is 2. The van der Waals surface area contributed by atoms with Crippen molar-refractivity contribution in [3.63, 3.8) is 0 Å². The summed E-state index contributed by atoms with van der Waals surface area (Å²) < 4.78 is 5.63. The van der Waals surface area contributed by atoms with E-state index >= 15 is 0 Å². The van der Waals surface area contributed by atoms with Gasteiger partial charge in [-0.2, -0.15) is 0 Å². The van der Waals surface area contributed by atoms with E-state index in [0.717, 1.165) is 17.7 Å². The molecule has 2 aliphatic heterocycles. The summed E-state index contributed by atoms with van der Waals surface area (Å²) in [4.78, 5) is 30.9. The Morgan fingerprint density at radius 3 is 2.35 bits per heavy atom. The molecule has 0 aromatic heterocycles. The van der Waals surface area contributed by atoms with E-state index in [1.807, 2.05) is 41.3 Å². The zero-order chi connectivity index (χ0) is 23.7. The first kappa shape index (κ1) is 22.5. The number of fused-ring (bicyclic) bond motifs is 1. The van der Waals surface area contributed by atoms with Gasteiger partial charge in [0.1, 0.15) is 5.75 Å². The van der Waals surface area contributed by atoms with Crippen molar-refractivity contribution < 1.29 is 14.3 Å². The lowest BCUT2D eigenvalue weighted by Crippen LogP contribution is -2.42. The van der Waals surface area contributed by atoms with Crippen molar-refractivity contribution >= 4 is 23.4 Å². The van der Waals surface area contributed by atoms with E-state index < -0.39 is 0 Å². The molecule has 2 heterocycles. The van der Waals surface area contributed by atoms with Gasteiger partial charge in [0.25, 0.3) is 5.91 Å². The Hall–Kier alpha value is -3.31. The van der Waals surface area contributed by atoms with Crippen molar-refractivity contribution in [2.75, 3.05) is 26.7 Å². The fraction of sp³-hybridized carbons (Fsp3) is 0.286. The maximum Gasteiger partial charge on any atom is 0.253 e. The Morgan fingerprint density at radius 1 is 0.882 bits per heavy atom. The van der Waals surface area contributed by atoms with Gasteiger partial charge in [-0.1, -0.05) is 54.1 Å². The molecular weight excluding hydrogens is 448 g/mol. The number of methoxy groups -OCH3 is 1. The van der Waals surface area contributed by atoms with Gasteiger partial charge in [0.2, 0.25) is 5.91 Å². The first-order valence-electron chi connectivity index (χ1n) is 11.6. The SMILES string of the molecule is COc1ccccc1C1CN(C(=O)c2ccc(Cl)cc2)CC1C(=O)N1CCc2ccccc2C1. The standard InChI is InChI=1S/C28H27ClN2O3/c1-34-26-9-5-4-8-23(26)24-17-31(27(32)20-10-12-22(29)13-11-20)18-25(24)28(33)30-15-14-19-6-2-3-7-21(19)16-30/h2-13,24-25H,14-18H2,1H3. The zero-order valence-corrected chi connectivity index (χ0v) is 19.9. The molecule has 5 rings (SSSR count). The number of benzene rings is 3. The molecule has 0 spiro atoms. The highest BCUT2D eigenvalue weighted by atomic mass is 35.5. The van der Waals surface area contributed by atoms with Crippen LogP contribution in [0, 0.1) is 5.92 Å². The van der Waals surface area contributed by atoms with E-state index in [-0.39, 0.29) is 23.7 Å². The van der Waals surface area contributed by atoms with Crippen molar-refractivity contribution in [1.82, 2.24) is 9.80 Å². The summed E-state index contributed by atoms with van der Waals surface area (Å²) in [5.41, 5.74) is 4.04. The first-order valence-corrected chi connectivity index (χ1v) is 12.0. The highest BCUT2D eigenvalue weighted by molar-refractivity contribution is 6.30. The zero-order valence-electron chi connectivity index (χ0n) is 19.1. The third-order valence-corrected chi connectivity index (χ3v) is 7.25. The van der Waals surface area contributed by atoms with Crippen LogP contribution in [-0.2, 0) is 17.8 Å². The van der Waals surface area contributed by atoms with Crippen molar-refractivity contribution in [2.45, 2.75) is 18.9 Å². The van der Waals surface area contributed by atoms with Crippen LogP contribution < -0.4 is 4.74 Å². The molecule has 0 radical (unpaired) electrons. The van der Waals surface area contributed by atoms with Crippen molar-refractivity contribution in [3.8, 4) is 5.75 Å². The van der Waals surface area contributed by atoms with E-state index in [2.05, 4.69) is 12.1 Å². The number of hydrogen-bond acceptors (Lipinski definition) is 3. The van der Waals surface area contributed by atoms with Crippen molar-refractivity contribution in [1.29, 1.82) is 0 Å². The second-order valence-electron chi connectivity index (χ2n) is 8.95. The molecular formula is C28H27ClN2O3. The number of carbonyl (C=O) groups is 2. The number of rotatable bonds is 4. The van der Waals surface area contributed by atoms with Crippen molar-refractivity contribution in [3.05, 3.63) is 100 Å². The van der Waals surface area contributed by atoms with E-state index in [0.29, 0.717) is 36.8 Å². The predicted molar refractivity (Wildman–Crippen MR) is 132 cm³/mol. The fourth-order valence-electron chi connectivity index (χ4n) is 5.20. The molecule has 0 aliphatic carbocycles. The topological polar surface area (TPSA) is 49.9 Å². The van der Waals surface area contributed by atoms with Gasteiger partial charge in [0, 0.05) is 42.7 Å². The number of para-hydroxylation sites is 1. The lowest BCUT2D eigenvalue weighted by Gasteiger charge is -2.32. The van der Waals surface area contributed by atoms with Gasteiger partial charge < -0.3 is 14.5 Å². The number of carbonyl (C=O) groups excluding carboxylic acids is 2. The number of halogens is 1. The molecule has 3 aromatic carbocycles.